The third-order valence-electron chi connectivity index (χ3n) is 5.41. The molecule has 0 aromatic rings. The van der Waals surface area contributed by atoms with Gasteiger partial charge in [-0.15, -0.1) is 0 Å². The molecule has 22 heavy (non-hydrogen) atoms. The highest BCUT2D eigenvalue weighted by atomic mass is 19.1. The zero-order valence-corrected chi connectivity index (χ0v) is 15.1. The van der Waals surface area contributed by atoms with E-state index < -0.39 is 12.3 Å². The zero-order chi connectivity index (χ0) is 16.4. The maximum absolute atomic E-state index is 13.9. The van der Waals surface area contributed by atoms with Gasteiger partial charge in [-0.25, -0.2) is 4.39 Å². The maximum Gasteiger partial charge on any atom is 0.139 e. The molecule has 0 amide bonds. The molecule has 0 aromatic heterocycles. The van der Waals surface area contributed by atoms with Gasteiger partial charge in [0, 0.05) is 18.6 Å². The molecule has 2 nitrogen and oxygen atoms in total. The van der Waals surface area contributed by atoms with Crippen molar-refractivity contribution < 1.29 is 9.50 Å². The standard InChI is InChI=1S/C19H38FNO/c1-4-6-8-9-11-14-19(3,13-10-7-5-2)21-15-12-18(22)17(20)16-21/h17-18,22H,4-16H2,1-3H3/t17-,18-,19?/m1/s1. The van der Waals surface area contributed by atoms with Crippen molar-refractivity contribution in [1.29, 1.82) is 0 Å². The molecule has 1 unspecified atom stereocenters. The lowest BCUT2D eigenvalue weighted by Gasteiger charge is -2.46. The number of unbranched alkanes of at least 4 members (excludes halogenated alkanes) is 6. The monoisotopic (exact) mass is 315 g/mol. The Bertz CT molecular complexity index is 287. The molecule has 0 aromatic carbocycles. The van der Waals surface area contributed by atoms with Gasteiger partial charge in [0.05, 0.1) is 6.10 Å². The number of piperidine rings is 1. The average molecular weight is 316 g/mol. The van der Waals surface area contributed by atoms with Crippen LogP contribution in [-0.4, -0.2) is 40.9 Å². The van der Waals surface area contributed by atoms with Crippen LogP contribution in [0.25, 0.3) is 0 Å². The van der Waals surface area contributed by atoms with Gasteiger partial charge in [-0.05, 0) is 26.2 Å². The Morgan fingerprint density at radius 3 is 2.14 bits per heavy atom. The van der Waals surface area contributed by atoms with E-state index in [0.29, 0.717) is 13.0 Å². The third-order valence-corrected chi connectivity index (χ3v) is 5.41. The summed E-state index contributed by atoms with van der Waals surface area (Å²) in [6.07, 6.45) is 11.3. The lowest BCUT2D eigenvalue weighted by atomic mass is 9.84. The number of hydrogen-bond acceptors (Lipinski definition) is 2. The SMILES string of the molecule is CCCCCCCC(C)(CCCCC)N1CC[C@@H](O)[C@H](F)C1. The molecule has 1 heterocycles. The van der Waals surface area contributed by atoms with E-state index in [4.69, 9.17) is 0 Å². The molecule has 132 valence electrons. The van der Waals surface area contributed by atoms with Gasteiger partial charge in [-0.3, -0.25) is 4.90 Å². The average Bonchev–Trinajstić information content (AvgIpc) is 2.50. The van der Waals surface area contributed by atoms with E-state index in [2.05, 4.69) is 25.7 Å². The summed E-state index contributed by atoms with van der Waals surface area (Å²) in [6.45, 7) is 8.07. The normalized spacial score (nSPS) is 26.0. The highest BCUT2D eigenvalue weighted by Gasteiger charge is 2.37. The second-order valence-electron chi connectivity index (χ2n) is 7.44. The molecule has 1 aliphatic heterocycles. The predicted molar refractivity (Wildman–Crippen MR) is 93.0 cm³/mol. The van der Waals surface area contributed by atoms with Crippen molar-refractivity contribution >= 4 is 0 Å². The van der Waals surface area contributed by atoms with Gasteiger partial charge in [0.2, 0.25) is 0 Å². The van der Waals surface area contributed by atoms with Crippen LogP contribution in [0.3, 0.4) is 0 Å². The quantitative estimate of drug-likeness (QED) is 0.537. The first kappa shape index (κ1) is 19.9. The summed E-state index contributed by atoms with van der Waals surface area (Å²) >= 11 is 0. The van der Waals surface area contributed by atoms with Crippen LogP contribution in [0.15, 0.2) is 0 Å². The van der Waals surface area contributed by atoms with E-state index in [1.165, 1.54) is 57.8 Å². The van der Waals surface area contributed by atoms with Crippen molar-refractivity contribution in [3.8, 4) is 0 Å². The largest absolute Gasteiger partial charge is 0.390 e. The van der Waals surface area contributed by atoms with Crippen molar-refractivity contribution in [3.05, 3.63) is 0 Å². The Morgan fingerprint density at radius 2 is 1.55 bits per heavy atom. The van der Waals surface area contributed by atoms with Crippen molar-refractivity contribution in [2.24, 2.45) is 0 Å². The molecule has 0 radical (unpaired) electrons. The second-order valence-corrected chi connectivity index (χ2v) is 7.44. The molecule has 0 saturated carbocycles. The molecule has 1 fully saturated rings. The van der Waals surface area contributed by atoms with Crippen LogP contribution in [0.4, 0.5) is 4.39 Å². The molecule has 1 rings (SSSR count). The summed E-state index contributed by atoms with van der Waals surface area (Å²) in [5.74, 6) is 0. The van der Waals surface area contributed by atoms with Gasteiger partial charge in [0.1, 0.15) is 6.17 Å². The highest BCUT2D eigenvalue weighted by Crippen LogP contribution is 2.32. The Labute approximate surface area is 137 Å². The predicted octanol–water partition coefficient (Wildman–Crippen LogP) is 5.09. The maximum atomic E-state index is 13.9. The summed E-state index contributed by atoms with van der Waals surface area (Å²) in [5, 5.41) is 9.65. The summed E-state index contributed by atoms with van der Waals surface area (Å²) in [4.78, 5) is 2.33. The number of rotatable bonds is 11. The van der Waals surface area contributed by atoms with Gasteiger partial charge < -0.3 is 5.11 Å². The first-order valence-corrected chi connectivity index (χ1v) is 9.60. The van der Waals surface area contributed by atoms with Crippen LogP contribution in [-0.2, 0) is 0 Å². The number of alkyl halides is 1. The van der Waals surface area contributed by atoms with Crippen LogP contribution in [0, 0.1) is 0 Å². The molecule has 0 aliphatic carbocycles. The fourth-order valence-electron chi connectivity index (χ4n) is 3.69. The Balaban J connectivity index is 2.52. The van der Waals surface area contributed by atoms with Crippen LogP contribution in [0.1, 0.15) is 91.4 Å². The summed E-state index contributed by atoms with van der Waals surface area (Å²) < 4.78 is 13.9. The molecule has 1 N–H and O–H groups in total. The molecular formula is C19H38FNO. The minimum atomic E-state index is -1.07. The minimum absolute atomic E-state index is 0.117. The molecule has 1 saturated heterocycles. The van der Waals surface area contributed by atoms with Crippen LogP contribution < -0.4 is 0 Å². The number of hydrogen-bond donors (Lipinski definition) is 1. The van der Waals surface area contributed by atoms with Crippen LogP contribution >= 0.6 is 0 Å². The molecule has 3 atom stereocenters. The number of halogens is 1. The fraction of sp³-hybridized carbons (Fsp3) is 1.00. The van der Waals surface area contributed by atoms with E-state index in [1.807, 2.05) is 0 Å². The fourth-order valence-corrected chi connectivity index (χ4v) is 3.69. The molecular weight excluding hydrogens is 277 g/mol. The number of aliphatic hydroxyl groups excluding tert-OH is 1. The number of likely N-dealkylation sites (tertiary alicyclic amines) is 1. The summed E-state index contributed by atoms with van der Waals surface area (Å²) in [5.41, 5.74) is 0.117. The molecule has 1 aliphatic rings. The van der Waals surface area contributed by atoms with Gasteiger partial charge in [-0.2, -0.15) is 0 Å². The summed E-state index contributed by atoms with van der Waals surface area (Å²) in [6, 6.07) is 0. The topological polar surface area (TPSA) is 23.5 Å². The van der Waals surface area contributed by atoms with Crippen LogP contribution in [0.2, 0.25) is 0 Å². The van der Waals surface area contributed by atoms with E-state index in [1.54, 1.807) is 0 Å². The van der Waals surface area contributed by atoms with Gasteiger partial charge in [0.25, 0.3) is 0 Å². The van der Waals surface area contributed by atoms with Crippen molar-refractivity contribution in [1.82, 2.24) is 4.90 Å². The van der Waals surface area contributed by atoms with Gasteiger partial charge >= 0.3 is 0 Å². The van der Waals surface area contributed by atoms with Crippen molar-refractivity contribution in [2.75, 3.05) is 13.1 Å². The molecule has 0 bridgehead atoms. The second kappa shape index (κ2) is 10.6. The van der Waals surface area contributed by atoms with Crippen LogP contribution in [0.5, 0.6) is 0 Å². The molecule has 3 heteroatoms. The van der Waals surface area contributed by atoms with E-state index >= 15 is 0 Å². The zero-order valence-electron chi connectivity index (χ0n) is 15.1. The van der Waals surface area contributed by atoms with Gasteiger partial charge in [-0.1, -0.05) is 65.2 Å². The Kier molecular flexibility index (Phi) is 9.58. The first-order valence-electron chi connectivity index (χ1n) is 9.60. The van der Waals surface area contributed by atoms with E-state index in [9.17, 15) is 9.50 Å². The first-order chi connectivity index (χ1) is 10.5. The highest BCUT2D eigenvalue weighted by molar-refractivity contribution is 4.92. The third kappa shape index (κ3) is 6.54. The Hall–Kier alpha value is -0.150. The Morgan fingerprint density at radius 1 is 1.00 bits per heavy atom. The van der Waals surface area contributed by atoms with Gasteiger partial charge in [0.15, 0.2) is 0 Å². The van der Waals surface area contributed by atoms with E-state index in [0.717, 1.165) is 13.0 Å². The van der Waals surface area contributed by atoms with E-state index in [-0.39, 0.29) is 5.54 Å². The minimum Gasteiger partial charge on any atom is -0.390 e. The molecule has 0 spiro atoms. The summed E-state index contributed by atoms with van der Waals surface area (Å²) in [7, 11) is 0. The number of aliphatic hydroxyl groups is 1. The number of nitrogens with zero attached hydrogens (tertiary/aromatic N) is 1. The van der Waals surface area contributed by atoms with Crippen molar-refractivity contribution in [3.63, 3.8) is 0 Å². The van der Waals surface area contributed by atoms with Crippen molar-refractivity contribution in [2.45, 2.75) is 109 Å². The lowest BCUT2D eigenvalue weighted by Crippen LogP contribution is -2.55. The smallest absolute Gasteiger partial charge is 0.139 e. The lowest BCUT2D eigenvalue weighted by molar-refractivity contribution is -0.0387.